The number of carbonyl (C=O) groups excluding carboxylic acids is 1. The fraction of sp³-hybridized carbons (Fsp3) is 0.529. The Kier molecular flexibility index (Phi) is 5.25. The Morgan fingerprint density at radius 2 is 2.26 bits per heavy atom. The summed E-state index contributed by atoms with van der Waals surface area (Å²) in [6.45, 7) is 3.15. The van der Waals surface area contributed by atoms with Crippen LogP contribution in [0.3, 0.4) is 0 Å². The van der Waals surface area contributed by atoms with Crippen LogP contribution in [0.5, 0.6) is 0 Å². The molecule has 0 saturated carbocycles. The van der Waals surface area contributed by atoms with Crippen LogP contribution in [0.2, 0.25) is 0 Å². The number of carbonyl (C=O) groups is 1. The first-order valence-electron chi connectivity index (χ1n) is 8.12. The van der Waals surface area contributed by atoms with E-state index in [2.05, 4.69) is 40.3 Å². The van der Waals surface area contributed by atoms with E-state index < -0.39 is 0 Å². The topological polar surface area (TPSA) is 48.5 Å². The summed E-state index contributed by atoms with van der Waals surface area (Å²) in [5.74, 6) is 0.116. The molecule has 0 spiro atoms. The average Bonchev–Trinajstić information content (AvgIpc) is 3.13. The molecule has 1 aliphatic heterocycles. The monoisotopic (exact) mass is 332 g/mol. The van der Waals surface area contributed by atoms with Crippen LogP contribution in [-0.2, 0) is 11.2 Å². The van der Waals surface area contributed by atoms with Crippen LogP contribution in [0.1, 0.15) is 11.4 Å². The molecule has 124 valence electrons. The van der Waals surface area contributed by atoms with Crippen molar-refractivity contribution in [1.82, 2.24) is 20.1 Å². The zero-order valence-corrected chi connectivity index (χ0v) is 14.6. The van der Waals surface area contributed by atoms with E-state index in [1.54, 1.807) is 11.3 Å². The fourth-order valence-corrected chi connectivity index (χ4v) is 3.94. The predicted octanol–water partition coefficient (Wildman–Crippen LogP) is 1.59. The highest BCUT2D eigenvalue weighted by molar-refractivity contribution is 7.18. The van der Waals surface area contributed by atoms with Gasteiger partial charge in [0, 0.05) is 32.1 Å². The molecule has 5 nitrogen and oxygen atoms in total. The zero-order chi connectivity index (χ0) is 16.2. The smallest absolute Gasteiger partial charge is 0.234 e. The van der Waals surface area contributed by atoms with E-state index in [0.29, 0.717) is 19.1 Å². The second-order valence-corrected chi connectivity index (χ2v) is 7.43. The molecule has 1 aromatic heterocycles. The van der Waals surface area contributed by atoms with Gasteiger partial charge in [-0.15, -0.1) is 11.3 Å². The zero-order valence-electron chi connectivity index (χ0n) is 13.8. The lowest BCUT2D eigenvalue weighted by Crippen LogP contribution is -2.38. The van der Waals surface area contributed by atoms with Crippen molar-refractivity contribution in [3.8, 4) is 0 Å². The lowest BCUT2D eigenvalue weighted by molar-refractivity contribution is -0.122. The number of hydrogen-bond acceptors (Lipinski definition) is 5. The molecular formula is C17H24N4OS. The Morgan fingerprint density at radius 1 is 1.43 bits per heavy atom. The molecule has 0 bridgehead atoms. The summed E-state index contributed by atoms with van der Waals surface area (Å²) in [4.78, 5) is 21.1. The molecular weight excluding hydrogens is 308 g/mol. The number of para-hydroxylation sites is 1. The van der Waals surface area contributed by atoms with Gasteiger partial charge in [-0.1, -0.05) is 12.1 Å². The van der Waals surface area contributed by atoms with Gasteiger partial charge < -0.3 is 10.2 Å². The summed E-state index contributed by atoms with van der Waals surface area (Å²) in [5.41, 5.74) is 1.05. The van der Waals surface area contributed by atoms with Crippen molar-refractivity contribution >= 4 is 27.5 Å². The molecule has 0 aliphatic carbocycles. The van der Waals surface area contributed by atoms with E-state index in [-0.39, 0.29) is 5.91 Å². The third-order valence-electron chi connectivity index (χ3n) is 4.34. The molecule has 2 heterocycles. The predicted molar refractivity (Wildman–Crippen MR) is 94.9 cm³/mol. The van der Waals surface area contributed by atoms with Crippen LogP contribution in [0, 0.1) is 0 Å². The number of aromatic nitrogens is 1. The Bertz CT molecular complexity index is 636. The first-order chi connectivity index (χ1) is 11.1. The highest BCUT2D eigenvalue weighted by Crippen LogP contribution is 2.21. The summed E-state index contributed by atoms with van der Waals surface area (Å²) in [7, 11) is 4.21. The summed E-state index contributed by atoms with van der Waals surface area (Å²) in [6.07, 6.45) is 1.94. The molecule has 1 saturated heterocycles. The highest BCUT2D eigenvalue weighted by Gasteiger charge is 2.25. The molecule has 3 rings (SSSR count). The number of hydrogen-bond donors (Lipinski definition) is 1. The van der Waals surface area contributed by atoms with Crippen molar-refractivity contribution in [3.05, 3.63) is 29.3 Å². The van der Waals surface area contributed by atoms with Crippen molar-refractivity contribution in [1.29, 1.82) is 0 Å². The first kappa shape index (κ1) is 16.4. The lowest BCUT2D eigenvalue weighted by Gasteiger charge is -2.20. The minimum atomic E-state index is 0.116. The molecule has 1 N–H and O–H groups in total. The van der Waals surface area contributed by atoms with Gasteiger partial charge >= 0.3 is 0 Å². The molecule has 0 radical (unpaired) electrons. The maximum Gasteiger partial charge on any atom is 0.234 e. The van der Waals surface area contributed by atoms with Gasteiger partial charge in [0.25, 0.3) is 0 Å². The number of amides is 1. The molecule has 1 aromatic carbocycles. The minimum absolute atomic E-state index is 0.116. The number of likely N-dealkylation sites (tertiary alicyclic amines) is 1. The molecule has 1 aliphatic rings. The van der Waals surface area contributed by atoms with Gasteiger partial charge in [0.2, 0.25) is 5.91 Å². The number of benzene rings is 1. The van der Waals surface area contributed by atoms with E-state index in [1.807, 2.05) is 18.2 Å². The Morgan fingerprint density at radius 3 is 3.00 bits per heavy atom. The Labute approximate surface area is 141 Å². The van der Waals surface area contributed by atoms with Crippen LogP contribution in [-0.4, -0.2) is 67.0 Å². The normalized spacial score (nSPS) is 18.8. The Hall–Kier alpha value is -1.50. The highest BCUT2D eigenvalue weighted by atomic mass is 32.1. The molecule has 0 unspecified atom stereocenters. The number of fused-ring (bicyclic) bond motifs is 1. The quantitative estimate of drug-likeness (QED) is 0.873. The standard InChI is InChI=1S/C17H24N4OS/c1-20(2)13-8-10-21(11-13)12-16(22)18-9-7-17-19-14-5-3-4-6-15(14)23-17/h3-6,13H,7-12H2,1-2H3,(H,18,22)/t13-/m0/s1. The summed E-state index contributed by atoms with van der Waals surface area (Å²) >= 11 is 1.71. The van der Waals surface area contributed by atoms with Gasteiger partial charge in [0.05, 0.1) is 21.8 Å². The Balaban J connectivity index is 1.41. The van der Waals surface area contributed by atoms with Crippen LogP contribution in [0.4, 0.5) is 0 Å². The van der Waals surface area contributed by atoms with Crippen LogP contribution < -0.4 is 5.32 Å². The van der Waals surface area contributed by atoms with Gasteiger partial charge in [0.15, 0.2) is 0 Å². The molecule has 23 heavy (non-hydrogen) atoms. The van der Waals surface area contributed by atoms with Gasteiger partial charge in [-0.25, -0.2) is 4.98 Å². The SMILES string of the molecule is CN(C)[C@H]1CCN(CC(=O)NCCc2nc3ccccc3s2)C1. The third kappa shape index (κ3) is 4.28. The molecule has 1 amide bonds. The number of rotatable bonds is 6. The minimum Gasteiger partial charge on any atom is -0.355 e. The van der Waals surface area contributed by atoms with E-state index in [9.17, 15) is 4.79 Å². The fourth-order valence-electron chi connectivity index (χ4n) is 2.97. The van der Waals surface area contributed by atoms with Gasteiger partial charge in [-0.05, 0) is 32.6 Å². The number of likely N-dealkylation sites (N-methyl/N-ethyl adjacent to an activating group) is 1. The summed E-state index contributed by atoms with van der Waals surface area (Å²) < 4.78 is 1.21. The number of thiazole rings is 1. The van der Waals surface area contributed by atoms with E-state index >= 15 is 0 Å². The van der Waals surface area contributed by atoms with Crippen molar-refractivity contribution < 1.29 is 4.79 Å². The van der Waals surface area contributed by atoms with Crippen LogP contribution in [0.15, 0.2) is 24.3 Å². The van der Waals surface area contributed by atoms with Gasteiger partial charge in [-0.2, -0.15) is 0 Å². The second kappa shape index (κ2) is 7.38. The molecule has 1 atom stereocenters. The summed E-state index contributed by atoms with van der Waals surface area (Å²) in [5, 5.41) is 4.10. The van der Waals surface area contributed by atoms with Crippen molar-refractivity contribution in [2.45, 2.75) is 18.9 Å². The van der Waals surface area contributed by atoms with E-state index in [4.69, 9.17) is 0 Å². The van der Waals surface area contributed by atoms with Crippen LogP contribution in [0.25, 0.3) is 10.2 Å². The van der Waals surface area contributed by atoms with Crippen molar-refractivity contribution in [2.75, 3.05) is 40.3 Å². The van der Waals surface area contributed by atoms with Gasteiger partial charge in [0.1, 0.15) is 0 Å². The van der Waals surface area contributed by atoms with Crippen LogP contribution >= 0.6 is 11.3 Å². The average molecular weight is 332 g/mol. The second-order valence-electron chi connectivity index (χ2n) is 6.32. The first-order valence-corrected chi connectivity index (χ1v) is 8.93. The maximum atomic E-state index is 12.1. The van der Waals surface area contributed by atoms with E-state index in [1.165, 1.54) is 4.70 Å². The molecule has 2 aromatic rings. The largest absolute Gasteiger partial charge is 0.355 e. The number of nitrogens with zero attached hydrogens (tertiary/aromatic N) is 3. The summed E-state index contributed by atoms with van der Waals surface area (Å²) in [6, 6.07) is 8.73. The number of nitrogens with one attached hydrogen (secondary N) is 1. The third-order valence-corrected chi connectivity index (χ3v) is 5.44. The van der Waals surface area contributed by atoms with Crippen molar-refractivity contribution in [3.63, 3.8) is 0 Å². The van der Waals surface area contributed by atoms with E-state index in [0.717, 1.165) is 36.5 Å². The molecule has 1 fully saturated rings. The van der Waals surface area contributed by atoms with Gasteiger partial charge in [-0.3, -0.25) is 9.69 Å². The lowest BCUT2D eigenvalue weighted by atomic mass is 10.2. The van der Waals surface area contributed by atoms with Crippen molar-refractivity contribution in [2.24, 2.45) is 0 Å². The molecule has 6 heteroatoms. The maximum absolute atomic E-state index is 12.1.